The zero-order chi connectivity index (χ0) is 20.3. The number of benzene rings is 1. The topological polar surface area (TPSA) is 73.2 Å². The summed E-state index contributed by atoms with van der Waals surface area (Å²) in [7, 11) is 0. The van der Waals surface area contributed by atoms with Gasteiger partial charge in [0, 0.05) is 12.2 Å². The SMILES string of the molecule is CC[C@H](C)c1ccccc1NC(=O)[C@@H](C)OC(=O)c1nc(C)n2c1CCCC2. The molecule has 1 amide bonds. The van der Waals surface area contributed by atoms with E-state index in [1.807, 2.05) is 31.2 Å². The van der Waals surface area contributed by atoms with Crippen molar-refractivity contribution in [2.45, 2.75) is 71.9 Å². The molecule has 0 saturated carbocycles. The molecule has 6 nitrogen and oxygen atoms in total. The van der Waals surface area contributed by atoms with Crippen LogP contribution in [0.1, 0.15) is 73.5 Å². The number of aryl methyl sites for hydroxylation is 1. The van der Waals surface area contributed by atoms with Crippen LogP contribution in [-0.2, 0) is 22.5 Å². The maximum Gasteiger partial charge on any atom is 0.359 e. The number of nitrogens with zero attached hydrogens (tertiary/aromatic N) is 2. The summed E-state index contributed by atoms with van der Waals surface area (Å²) in [6, 6.07) is 7.74. The first-order valence-electron chi connectivity index (χ1n) is 10.1. The molecular formula is C22H29N3O3. The summed E-state index contributed by atoms with van der Waals surface area (Å²) in [4.78, 5) is 29.7. The van der Waals surface area contributed by atoms with Crippen LogP contribution < -0.4 is 5.32 Å². The van der Waals surface area contributed by atoms with Gasteiger partial charge >= 0.3 is 5.97 Å². The number of para-hydroxylation sites is 1. The second kappa shape index (κ2) is 8.59. The Morgan fingerprint density at radius 1 is 1.25 bits per heavy atom. The average Bonchev–Trinajstić information content (AvgIpc) is 3.05. The molecule has 0 fully saturated rings. The number of carbonyl (C=O) groups is 2. The number of anilines is 1. The van der Waals surface area contributed by atoms with Crippen LogP contribution in [0.4, 0.5) is 5.69 Å². The molecule has 1 aliphatic rings. The molecule has 28 heavy (non-hydrogen) atoms. The predicted octanol–water partition coefficient (Wildman–Crippen LogP) is 4.23. The van der Waals surface area contributed by atoms with Gasteiger partial charge in [-0.3, -0.25) is 4.79 Å². The molecule has 150 valence electrons. The lowest BCUT2D eigenvalue weighted by molar-refractivity contribution is -0.123. The van der Waals surface area contributed by atoms with Crippen molar-refractivity contribution >= 4 is 17.6 Å². The van der Waals surface area contributed by atoms with Gasteiger partial charge in [0.25, 0.3) is 5.91 Å². The van der Waals surface area contributed by atoms with Crippen molar-refractivity contribution in [3.8, 4) is 0 Å². The molecule has 0 bridgehead atoms. The molecule has 0 saturated heterocycles. The fourth-order valence-electron chi connectivity index (χ4n) is 3.65. The van der Waals surface area contributed by atoms with Gasteiger partial charge in [-0.1, -0.05) is 32.0 Å². The Balaban J connectivity index is 1.69. The van der Waals surface area contributed by atoms with Crippen LogP contribution >= 0.6 is 0 Å². The number of aromatic nitrogens is 2. The molecule has 2 aromatic rings. The van der Waals surface area contributed by atoms with Crippen LogP contribution in [0.3, 0.4) is 0 Å². The number of rotatable bonds is 6. The number of esters is 1. The highest BCUT2D eigenvalue weighted by atomic mass is 16.5. The van der Waals surface area contributed by atoms with E-state index in [1.54, 1.807) is 6.92 Å². The summed E-state index contributed by atoms with van der Waals surface area (Å²) in [5.74, 6) is 0.279. The third kappa shape index (κ3) is 4.11. The van der Waals surface area contributed by atoms with Crippen LogP contribution in [0.25, 0.3) is 0 Å². The van der Waals surface area contributed by atoms with Gasteiger partial charge in [0.15, 0.2) is 11.8 Å². The van der Waals surface area contributed by atoms with E-state index in [0.29, 0.717) is 11.6 Å². The molecule has 0 unspecified atom stereocenters. The summed E-state index contributed by atoms with van der Waals surface area (Å²) in [5, 5.41) is 2.91. The Hall–Kier alpha value is -2.63. The van der Waals surface area contributed by atoms with E-state index >= 15 is 0 Å². The molecule has 0 spiro atoms. The maximum atomic E-state index is 12.6. The highest BCUT2D eigenvalue weighted by Gasteiger charge is 2.27. The maximum absolute atomic E-state index is 12.6. The standard InChI is InChI=1S/C22H29N3O3/c1-5-14(2)17-10-6-7-11-18(17)24-21(26)15(3)28-22(27)20-19-12-8-9-13-25(19)16(4)23-20/h6-7,10-11,14-15H,5,8-9,12-13H2,1-4H3,(H,24,26)/t14-,15+/m0/s1. The average molecular weight is 383 g/mol. The quantitative estimate of drug-likeness (QED) is 0.758. The first-order chi connectivity index (χ1) is 13.4. The number of amides is 1. The minimum Gasteiger partial charge on any atom is -0.448 e. The molecule has 2 heterocycles. The van der Waals surface area contributed by atoms with Crippen molar-refractivity contribution in [1.82, 2.24) is 9.55 Å². The predicted molar refractivity (Wildman–Crippen MR) is 109 cm³/mol. The van der Waals surface area contributed by atoms with Crippen LogP contribution in [0.15, 0.2) is 24.3 Å². The lowest BCUT2D eigenvalue weighted by Crippen LogP contribution is -2.31. The zero-order valence-corrected chi connectivity index (χ0v) is 17.1. The van der Waals surface area contributed by atoms with Gasteiger partial charge in [-0.25, -0.2) is 9.78 Å². The van der Waals surface area contributed by atoms with E-state index in [4.69, 9.17) is 4.74 Å². The molecule has 0 radical (unpaired) electrons. The van der Waals surface area contributed by atoms with Crippen molar-refractivity contribution in [3.05, 3.63) is 47.0 Å². The zero-order valence-electron chi connectivity index (χ0n) is 17.1. The van der Waals surface area contributed by atoms with Crippen LogP contribution in [0.2, 0.25) is 0 Å². The van der Waals surface area contributed by atoms with Gasteiger partial charge in [-0.05, 0) is 57.1 Å². The minimum absolute atomic E-state index is 0.328. The van der Waals surface area contributed by atoms with Crippen molar-refractivity contribution in [2.75, 3.05) is 5.32 Å². The summed E-state index contributed by atoms with van der Waals surface area (Å²) in [6.45, 7) is 8.60. The lowest BCUT2D eigenvalue weighted by atomic mass is 9.97. The molecular weight excluding hydrogens is 354 g/mol. The highest BCUT2D eigenvalue weighted by molar-refractivity contribution is 5.97. The van der Waals surface area contributed by atoms with Crippen LogP contribution in [0, 0.1) is 6.92 Å². The Morgan fingerprint density at radius 3 is 2.75 bits per heavy atom. The van der Waals surface area contributed by atoms with Crippen molar-refractivity contribution < 1.29 is 14.3 Å². The van der Waals surface area contributed by atoms with E-state index in [-0.39, 0.29) is 5.91 Å². The summed E-state index contributed by atoms with van der Waals surface area (Å²) in [5.41, 5.74) is 3.11. The van der Waals surface area contributed by atoms with Crippen LogP contribution in [-0.4, -0.2) is 27.5 Å². The molecule has 6 heteroatoms. The Bertz CT molecular complexity index is 872. The van der Waals surface area contributed by atoms with Gasteiger partial charge in [-0.2, -0.15) is 0 Å². The number of nitrogens with one attached hydrogen (secondary N) is 1. The molecule has 0 aliphatic carbocycles. The van der Waals surface area contributed by atoms with E-state index in [1.165, 1.54) is 0 Å². The smallest absolute Gasteiger partial charge is 0.359 e. The molecule has 1 N–H and O–H groups in total. The van der Waals surface area contributed by atoms with E-state index < -0.39 is 12.1 Å². The van der Waals surface area contributed by atoms with E-state index in [0.717, 1.165) is 55.0 Å². The number of fused-ring (bicyclic) bond motifs is 1. The number of ether oxygens (including phenoxy) is 1. The van der Waals surface area contributed by atoms with Gasteiger partial charge in [0.05, 0.1) is 5.69 Å². The number of hydrogen-bond acceptors (Lipinski definition) is 4. The van der Waals surface area contributed by atoms with Crippen LogP contribution in [0.5, 0.6) is 0 Å². The highest BCUT2D eigenvalue weighted by Crippen LogP contribution is 2.27. The van der Waals surface area contributed by atoms with Gasteiger partial charge in [-0.15, -0.1) is 0 Å². The van der Waals surface area contributed by atoms with Crippen molar-refractivity contribution in [1.29, 1.82) is 0 Å². The Morgan fingerprint density at radius 2 is 2.00 bits per heavy atom. The number of hydrogen-bond donors (Lipinski definition) is 1. The second-order valence-corrected chi connectivity index (χ2v) is 7.50. The van der Waals surface area contributed by atoms with E-state index in [9.17, 15) is 9.59 Å². The molecule has 1 aliphatic heterocycles. The molecule has 1 aromatic heterocycles. The van der Waals surface area contributed by atoms with Gasteiger partial charge in [0.1, 0.15) is 5.82 Å². The van der Waals surface area contributed by atoms with Gasteiger partial charge < -0.3 is 14.6 Å². The van der Waals surface area contributed by atoms with E-state index in [2.05, 4.69) is 28.7 Å². The molecule has 2 atom stereocenters. The van der Waals surface area contributed by atoms with Crippen molar-refractivity contribution in [2.24, 2.45) is 0 Å². The summed E-state index contributed by atoms with van der Waals surface area (Å²) in [6.07, 6.45) is 3.01. The third-order valence-corrected chi connectivity index (χ3v) is 5.52. The summed E-state index contributed by atoms with van der Waals surface area (Å²) >= 11 is 0. The monoisotopic (exact) mass is 383 g/mol. The first-order valence-corrected chi connectivity index (χ1v) is 10.1. The fraction of sp³-hybridized carbons (Fsp3) is 0.500. The summed E-state index contributed by atoms with van der Waals surface area (Å²) < 4.78 is 7.53. The largest absolute Gasteiger partial charge is 0.448 e. The Kier molecular flexibility index (Phi) is 6.17. The lowest BCUT2D eigenvalue weighted by Gasteiger charge is -2.18. The second-order valence-electron chi connectivity index (χ2n) is 7.50. The molecule has 1 aromatic carbocycles. The fourth-order valence-corrected chi connectivity index (χ4v) is 3.65. The number of imidazole rings is 1. The first kappa shape index (κ1) is 20.1. The number of carbonyl (C=O) groups excluding carboxylic acids is 2. The normalized spacial score (nSPS) is 15.4. The van der Waals surface area contributed by atoms with Gasteiger partial charge in [0.2, 0.25) is 0 Å². The Labute approximate surface area is 166 Å². The minimum atomic E-state index is -0.904. The molecule has 3 rings (SSSR count). The third-order valence-electron chi connectivity index (χ3n) is 5.52. The van der Waals surface area contributed by atoms with Crippen molar-refractivity contribution in [3.63, 3.8) is 0 Å².